The Bertz CT molecular complexity index is 1250. The van der Waals surface area contributed by atoms with E-state index in [4.69, 9.17) is 0 Å². The first kappa shape index (κ1) is 19.6. The minimum absolute atomic E-state index is 0.00153. The van der Waals surface area contributed by atoms with E-state index in [0.717, 1.165) is 10.9 Å². The molecule has 4 aromatic rings. The average molecular weight is 418 g/mol. The molecule has 0 bridgehead atoms. The van der Waals surface area contributed by atoms with Crippen LogP contribution in [0.4, 0.5) is 23.2 Å². The Morgan fingerprint density at radius 1 is 1.20 bits per heavy atom. The smallest absolute Gasteiger partial charge is 0.259 e. The number of nitrogens with one attached hydrogen (secondary N) is 1. The van der Waals surface area contributed by atoms with E-state index in [2.05, 4.69) is 20.7 Å². The highest BCUT2D eigenvalue weighted by Crippen LogP contribution is 2.28. The molecule has 0 atom stereocenters. The molecule has 0 saturated carbocycles. The molecule has 0 aliphatic carbocycles. The molecule has 0 spiro atoms. The van der Waals surface area contributed by atoms with Gasteiger partial charge in [0.05, 0.1) is 29.7 Å². The number of amides is 1. The molecule has 7 nitrogen and oxygen atoms in total. The molecule has 3 aromatic heterocycles. The van der Waals surface area contributed by atoms with Gasteiger partial charge in [0.2, 0.25) is 0 Å². The standard InChI is InChI=1S/C19H14F4N6O/c1-10-4-14(21)12(16-8-28(27-26-16)9-18(22)23)5-15(10)25-19(30)13-6-24-29-7-11(20)2-3-17(13)29/h2-8,18H,9H2,1H3,(H,25,30). The minimum Gasteiger partial charge on any atom is -0.322 e. The second-order valence-electron chi connectivity index (χ2n) is 6.55. The van der Waals surface area contributed by atoms with Gasteiger partial charge in [0.15, 0.2) is 0 Å². The molecule has 30 heavy (non-hydrogen) atoms. The molecule has 0 aliphatic rings. The van der Waals surface area contributed by atoms with E-state index < -0.39 is 30.5 Å². The van der Waals surface area contributed by atoms with Crippen molar-refractivity contribution >= 4 is 17.1 Å². The second kappa shape index (κ2) is 7.58. The highest BCUT2D eigenvalue weighted by molar-refractivity contribution is 6.09. The first-order valence-electron chi connectivity index (χ1n) is 8.75. The SMILES string of the molecule is Cc1cc(F)c(-c2cn(CC(F)F)nn2)cc1NC(=O)c1cnn2cc(F)ccc12. The van der Waals surface area contributed by atoms with Crippen molar-refractivity contribution in [1.29, 1.82) is 0 Å². The monoisotopic (exact) mass is 418 g/mol. The number of hydrogen-bond donors (Lipinski definition) is 1. The second-order valence-corrected chi connectivity index (χ2v) is 6.55. The number of anilines is 1. The predicted octanol–water partition coefficient (Wildman–Crippen LogP) is 3.70. The minimum atomic E-state index is -2.63. The third kappa shape index (κ3) is 3.73. The van der Waals surface area contributed by atoms with Crippen molar-refractivity contribution in [1.82, 2.24) is 24.6 Å². The van der Waals surface area contributed by atoms with Gasteiger partial charge in [0, 0.05) is 11.3 Å². The van der Waals surface area contributed by atoms with Gasteiger partial charge >= 0.3 is 0 Å². The van der Waals surface area contributed by atoms with Gasteiger partial charge in [-0.3, -0.25) is 4.79 Å². The summed E-state index contributed by atoms with van der Waals surface area (Å²) >= 11 is 0. The fourth-order valence-corrected chi connectivity index (χ4v) is 2.98. The van der Waals surface area contributed by atoms with Gasteiger partial charge in [-0.2, -0.15) is 5.10 Å². The van der Waals surface area contributed by atoms with Gasteiger partial charge in [-0.25, -0.2) is 26.8 Å². The zero-order chi connectivity index (χ0) is 21.4. The number of aromatic nitrogens is 5. The number of carbonyl (C=O) groups is 1. The van der Waals surface area contributed by atoms with Gasteiger partial charge < -0.3 is 5.32 Å². The van der Waals surface area contributed by atoms with E-state index in [0.29, 0.717) is 16.8 Å². The zero-order valence-corrected chi connectivity index (χ0v) is 15.5. The number of rotatable bonds is 5. The van der Waals surface area contributed by atoms with Crippen LogP contribution in [0, 0.1) is 18.6 Å². The molecule has 4 rings (SSSR count). The van der Waals surface area contributed by atoms with Crippen LogP contribution >= 0.6 is 0 Å². The Hall–Kier alpha value is -3.76. The molecule has 0 radical (unpaired) electrons. The van der Waals surface area contributed by atoms with E-state index in [9.17, 15) is 22.4 Å². The van der Waals surface area contributed by atoms with Crippen molar-refractivity contribution in [2.75, 3.05) is 5.32 Å². The number of fused-ring (bicyclic) bond motifs is 1. The summed E-state index contributed by atoms with van der Waals surface area (Å²) in [5.41, 5.74) is 1.37. The van der Waals surface area contributed by atoms with Crippen LogP contribution in [0.1, 0.15) is 15.9 Å². The summed E-state index contributed by atoms with van der Waals surface area (Å²) in [6.45, 7) is 0.932. The van der Waals surface area contributed by atoms with Crippen molar-refractivity contribution in [3.8, 4) is 11.3 Å². The summed E-state index contributed by atoms with van der Waals surface area (Å²) in [5, 5.41) is 13.9. The van der Waals surface area contributed by atoms with Gasteiger partial charge in [0.25, 0.3) is 12.3 Å². The Kier molecular flexibility index (Phi) is 4.94. The van der Waals surface area contributed by atoms with Crippen molar-refractivity contribution in [2.45, 2.75) is 19.9 Å². The number of hydrogen-bond acceptors (Lipinski definition) is 4. The number of halogens is 4. The van der Waals surface area contributed by atoms with Gasteiger partial charge in [-0.15, -0.1) is 5.10 Å². The maximum atomic E-state index is 14.5. The quantitative estimate of drug-likeness (QED) is 0.502. The summed E-state index contributed by atoms with van der Waals surface area (Å²) < 4.78 is 54.9. The number of carbonyl (C=O) groups excluding carboxylic acids is 1. The van der Waals surface area contributed by atoms with E-state index in [-0.39, 0.29) is 16.8 Å². The number of benzene rings is 1. The molecule has 3 heterocycles. The number of aryl methyl sites for hydroxylation is 1. The van der Waals surface area contributed by atoms with E-state index in [1.807, 2.05) is 0 Å². The average Bonchev–Trinajstić information content (AvgIpc) is 3.30. The first-order valence-corrected chi connectivity index (χ1v) is 8.75. The molecule has 0 fully saturated rings. The largest absolute Gasteiger partial charge is 0.322 e. The van der Waals surface area contributed by atoms with E-state index in [1.54, 1.807) is 6.92 Å². The summed E-state index contributed by atoms with van der Waals surface area (Å²) in [5.74, 6) is -1.67. The molecule has 154 valence electrons. The summed E-state index contributed by atoms with van der Waals surface area (Å²) in [6.07, 6.45) is 0.998. The third-order valence-electron chi connectivity index (χ3n) is 4.43. The van der Waals surface area contributed by atoms with Crippen LogP contribution in [-0.2, 0) is 6.54 Å². The number of pyridine rings is 1. The fourth-order valence-electron chi connectivity index (χ4n) is 2.98. The molecule has 1 N–H and O–H groups in total. The predicted molar refractivity (Wildman–Crippen MR) is 99.3 cm³/mol. The van der Waals surface area contributed by atoms with Crippen LogP contribution in [0.5, 0.6) is 0 Å². The van der Waals surface area contributed by atoms with Crippen LogP contribution in [-0.4, -0.2) is 36.9 Å². The fraction of sp³-hybridized carbons (Fsp3) is 0.158. The first-order chi connectivity index (χ1) is 14.3. The van der Waals surface area contributed by atoms with Crippen LogP contribution < -0.4 is 5.32 Å². The molecular weight excluding hydrogens is 404 g/mol. The number of alkyl halides is 2. The third-order valence-corrected chi connectivity index (χ3v) is 4.43. The van der Waals surface area contributed by atoms with Crippen LogP contribution in [0.2, 0.25) is 0 Å². The lowest BCUT2D eigenvalue weighted by Crippen LogP contribution is -2.13. The summed E-state index contributed by atoms with van der Waals surface area (Å²) in [7, 11) is 0. The van der Waals surface area contributed by atoms with Gasteiger partial charge in [-0.05, 0) is 36.8 Å². The van der Waals surface area contributed by atoms with E-state index in [1.165, 1.54) is 41.2 Å². The van der Waals surface area contributed by atoms with Crippen molar-refractivity contribution < 1.29 is 22.4 Å². The highest BCUT2D eigenvalue weighted by atomic mass is 19.3. The van der Waals surface area contributed by atoms with Crippen LogP contribution in [0.25, 0.3) is 16.8 Å². The lowest BCUT2D eigenvalue weighted by molar-refractivity contribution is 0.102. The Morgan fingerprint density at radius 3 is 2.77 bits per heavy atom. The number of nitrogens with zero attached hydrogens (tertiary/aromatic N) is 5. The van der Waals surface area contributed by atoms with Crippen LogP contribution in [0.3, 0.4) is 0 Å². The summed E-state index contributed by atoms with van der Waals surface area (Å²) in [4.78, 5) is 12.7. The van der Waals surface area contributed by atoms with Crippen molar-refractivity contribution in [3.05, 3.63) is 65.6 Å². The van der Waals surface area contributed by atoms with Crippen molar-refractivity contribution in [2.24, 2.45) is 0 Å². The van der Waals surface area contributed by atoms with Crippen molar-refractivity contribution in [3.63, 3.8) is 0 Å². The molecule has 1 aromatic carbocycles. The Balaban J connectivity index is 1.65. The molecule has 1 amide bonds. The lowest BCUT2D eigenvalue weighted by Gasteiger charge is -2.10. The molecule has 0 aliphatic heterocycles. The molecule has 11 heteroatoms. The molecular formula is C19H14F4N6O. The van der Waals surface area contributed by atoms with E-state index >= 15 is 0 Å². The topological polar surface area (TPSA) is 77.1 Å². The zero-order valence-electron chi connectivity index (χ0n) is 15.5. The Morgan fingerprint density at radius 2 is 2.00 bits per heavy atom. The maximum Gasteiger partial charge on any atom is 0.259 e. The Labute approximate surface area is 166 Å². The molecule has 0 saturated heterocycles. The van der Waals surface area contributed by atoms with Gasteiger partial charge in [-0.1, -0.05) is 5.21 Å². The summed E-state index contributed by atoms with van der Waals surface area (Å²) in [6, 6.07) is 5.17. The highest BCUT2D eigenvalue weighted by Gasteiger charge is 2.18. The normalized spacial score (nSPS) is 11.4. The van der Waals surface area contributed by atoms with Crippen LogP contribution in [0.15, 0.2) is 42.9 Å². The lowest BCUT2D eigenvalue weighted by atomic mass is 10.1. The maximum absolute atomic E-state index is 14.5. The van der Waals surface area contributed by atoms with Gasteiger partial charge in [0.1, 0.15) is 23.9 Å². The molecule has 0 unspecified atom stereocenters.